The highest BCUT2D eigenvalue weighted by molar-refractivity contribution is 7.89. The number of carbonyl (C=O) groups is 1. The molecular formula is C24H24N4O3S2. The van der Waals surface area contributed by atoms with Gasteiger partial charge in [-0.25, -0.2) is 13.4 Å². The smallest absolute Gasteiger partial charge is 0.257 e. The molecule has 1 amide bonds. The maximum atomic E-state index is 13.0. The fraction of sp³-hybridized carbons (Fsp3) is 0.292. The maximum Gasteiger partial charge on any atom is 0.257 e. The number of nitrogens with one attached hydrogen (secondary N) is 1. The van der Waals surface area contributed by atoms with E-state index < -0.39 is 10.0 Å². The molecule has 170 valence electrons. The molecule has 7 nitrogen and oxygen atoms in total. The van der Waals surface area contributed by atoms with Gasteiger partial charge < -0.3 is 0 Å². The average molecular weight is 481 g/mol. The summed E-state index contributed by atoms with van der Waals surface area (Å²) in [6, 6.07) is 15.2. The molecule has 3 aromatic rings. The van der Waals surface area contributed by atoms with Gasteiger partial charge in [-0.2, -0.15) is 9.57 Å². The van der Waals surface area contributed by atoms with E-state index in [1.165, 1.54) is 39.9 Å². The summed E-state index contributed by atoms with van der Waals surface area (Å²) in [6.45, 7) is 0. The second kappa shape index (κ2) is 9.83. The molecular weight excluding hydrogens is 456 g/mol. The van der Waals surface area contributed by atoms with E-state index in [1.54, 1.807) is 19.2 Å². The van der Waals surface area contributed by atoms with E-state index in [-0.39, 0.29) is 16.8 Å². The molecule has 33 heavy (non-hydrogen) atoms. The minimum atomic E-state index is -3.60. The zero-order valence-electron chi connectivity index (χ0n) is 18.2. The number of hydrogen-bond donors (Lipinski definition) is 1. The lowest BCUT2D eigenvalue weighted by molar-refractivity contribution is 0.102. The number of nitriles is 1. The SMILES string of the molecule is CN(C1CCCCC1)S(=O)(=O)c1ccc(C(=O)Nc2nc(-c3ccc(C#N)cc3)cs2)cc1. The van der Waals surface area contributed by atoms with Gasteiger partial charge in [0.1, 0.15) is 0 Å². The summed E-state index contributed by atoms with van der Waals surface area (Å²) in [7, 11) is -1.96. The Balaban J connectivity index is 1.43. The Hall–Kier alpha value is -3.06. The molecule has 0 bridgehead atoms. The Kier molecular flexibility index (Phi) is 6.88. The average Bonchev–Trinajstić information content (AvgIpc) is 3.32. The fourth-order valence-corrected chi connectivity index (χ4v) is 6.06. The monoisotopic (exact) mass is 480 g/mol. The van der Waals surface area contributed by atoms with Crippen molar-refractivity contribution in [2.24, 2.45) is 0 Å². The number of benzene rings is 2. The van der Waals surface area contributed by atoms with Gasteiger partial charge in [0.2, 0.25) is 10.0 Å². The van der Waals surface area contributed by atoms with Crippen LogP contribution in [0.2, 0.25) is 0 Å². The molecule has 1 aliphatic carbocycles. The molecule has 4 rings (SSSR count). The van der Waals surface area contributed by atoms with Crippen molar-refractivity contribution in [3.05, 3.63) is 65.0 Å². The summed E-state index contributed by atoms with van der Waals surface area (Å²) in [6.07, 6.45) is 5.02. The minimum absolute atomic E-state index is 0.0296. The van der Waals surface area contributed by atoms with Crippen LogP contribution in [0.3, 0.4) is 0 Å². The minimum Gasteiger partial charge on any atom is -0.298 e. The van der Waals surface area contributed by atoms with Crippen molar-refractivity contribution in [2.45, 2.75) is 43.0 Å². The van der Waals surface area contributed by atoms with Gasteiger partial charge in [0.25, 0.3) is 5.91 Å². The third kappa shape index (κ3) is 5.14. The number of carbonyl (C=O) groups excluding carboxylic acids is 1. The molecule has 1 heterocycles. The zero-order chi connectivity index (χ0) is 23.4. The number of hydrogen-bond acceptors (Lipinski definition) is 6. The van der Waals surface area contributed by atoms with E-state index in [4.69, 9.17) is 5.26 Å². The van der Waals surface area contributed by atoms with Crippen LogP contribution in [0.25, 0.3) is 11.3 Å². The van der Waals surface area contributed by atoms with Gasteiger partial charge in [0, 0.05) is 29.6 Å². The van der Waals surface area contributed by atoms with Crippen molar-refractivity contribution in [3.63, 3.8) is 0 Å². The molecule has 0 spiro atoms. The Morgan fingerprint density at radius 2 is 1.76 bits per heavy atom. The molecule has 0 atom stereocenters. The third-order valence-corrected chi connectivity index (χ3v) is 8.60. The molecule has 0 saturated heterocycles. The Morgan fingerprint density at radius 1 is 1.09 bits per heavy atom. The van der Waals surface area contributed by atoms with E-state index in [0.29, 0.717) is 22.0 Å². The first-order chi connectivity index (χ1) is 15.9. The van der Waals surface area contributed by atoms with Gasteiger partial charge in [-0.3, -0.25) is 10.1 Å². The Bertz CT molecular complexity index is 1270. The molecule has 0 unspecified atom stereocenters. The van der Waals surface area contributed by atoms with Crippen molar-refractivity contribution in [2.75, 3.05) is 12.4 Å². The van der Waals surface area contributed by atoms with Gasteiger partial charge in [0.05, 0.1) is 22.2 Å². The summed E-state index contributed by atoms with van der Waals surface area (Å²) >= 11 is 1.29. The largest absolute Gasteiger partial charge is 0.298 e. The molecule has 1 saturated carbocycles. The standard InChI is InChI=1S/C24H24N4O3S2/c1-28(20-5-3-2-4-6-20)33(30,31)21-13-11-19(12-14-21)23(29)27-24-26-22(16-32-24)18-9-7-17(15-25)8-10-18/h7-14,16,20H,2-6H2,1H3,(H,26,27,29). The maximum absolute atomic E-state index is 13.0. The van der Waals surface area contributed by atoms with E-state index >= 15 is 0 Å². The highest BCUT2D eigenvalue weighted by atomic mass is 32.2. The first-order valence-electron chi connectivity index (χ1n) is 10.7. The van der Waals surface area contributed by atoms with Crippen LogP contribution in [0.1, 0.15) is 48.0 Å². The quantitative estimate of drug-likeness (QED) is 0.541. The topological polar surface area (TPSA) is 103 Å². The summed E-state index contributed by atoms with van der Waals surface area (Å²) in [5.41, 5.74) is 2.47. The summed E-state index contributed by atoms with van der Waals surface area (Å²) < 4.78 is 27.4. The molecule has 1 N–H and O–H groups in total. The number of anilines is 1. The summed E-state index contributed by atoms with van der Waals surface area (Å²) in [5.74, 6) is -0.361. The predicted octanol–water partition coefficient (Wildman–Crippen LogP) is 4.89. The fourth-order valence-electron chi connectivity index (χ4n) is 3.93. The first-order valence-corrected chi connectivity index (χ1v) is 13.1. The van der Waals surface area contributed by atoms with Gasteiger partial charge >= 0.3 is 0 Å². The molecule has 1 fully saturated rings. The molecule has 9 heteroatoms. The van der Waals surface area contributed by atoms with Crippen molar-refractivity contribution >= 4 is 32.4 Å². The lowest BCUT2D eigenvalue weighted by Gasteiger charge is -2.30. The van der Waals surface area contributed by atoms with E-state index in [1.807, 2.05) is 17.5 Å². The normalized spacial score (nSPS) is 14.7. The van der Waals surface area contributed by atoms with Gasteiger partial charge in [-0.15, -0.1) is 11.3 Å². The van der Waals surface area contributed by atoms with Crippen LogP contribution >= 0.6 is 11.3 Å². The van der Waals surface area contributed by atoms with E-state index in [9.17, 15) is 13.2 Å². The number of amides is 1. The Morgan fingerprint density at radius 3 is 2.39 bits per heavy atom. The van der Waals surface area contributed by atoms with Crippen LogP contribution < -0.4 is 5.32 Å². The van der Waals surface area contributed by atoms with Gasteiger partial charge in [-0.1, -0.05) is 31.4 Å². The second-order valence-corrected chi connectivity index (χ2v) is 10.9. The van der Waals surface area contributed by atoms with Crippen molar-refractivity contribution < 1.29 is 13.2 Å². The third-order valence-electron chi connectivity index (χ3n) is 5.92. The van der Waals surface area contributed by atoms with Crippen LogP contribution in [-0.2, 0) is 10.0 Å². The molecule has 2 aromatic carbocycles. The molecule has 1 aromatic heterocycles. The molecule has 0 radical (unpaired) electrons. The number of sulfonamides is 1. The van der Waals surface area contributed by atoms with E-state index in [2.05, 4.69) is 16.4 Å². The lowest BCUT2D eigenvalue weighted by atomic mass is 9.96. The summed E-state index contributed by atoms with van der Waals surface area (Å²) in [5, 5.41) is 13.9. The van der Waals surface area contributed by atoms with Crippen molar-refractivity contribution in [1.29, 1.82) is 5.26 Å². The number of rotatable bonds is 6. The van der Waals surface area contributed by atoms with E-state index in [0.717, 1.165) is 37.7 Å². The lowest BCUT2D eigenvalue weighted by Crippen LogP contribution is -2.38. The van der Waals surface area contributed by atoms with Gasteiger partial charge in [0.15, 0.2) is 5.13 Å². The number of nitrogens with zero attached hydrogens (tertiary/aromatic N) is 3. The highest BCUT2D eigenvalue weighted by Crippen LogP contribution is 2.28. The predicted molar refractivity (Wildman–Crippen MR) is 128 cm³/mol. The van der Waals surface area contributed by atoms with Crippen LogP contribution in [-0.4, -0.2) is 36.7 Å². The number of thiazole rings is 1. The van der Waals surface area contributed by atoms with Crippen LogP contribution in [0, 0.1) is 11.3 Å². The van der Waals surface area contributed by atoms with Crippen LogP contribution in [0.4, 0.5) is 5.13 Å². The summed E-state index contributed by atoms with van der Waals surface area (Å²) in [4.78, 5) is 17.3. The molecule has 0 aliphatic heterocycles. The molecule has 1 aliphatic rings. The Labute approximate surface area is 197 Å². The highest BCUT2D eigenvalue weighted by Gasteiger charge is 2.29. The van der Waals surface area contributed by atoms with Crippen LogP contribution in [0.5, 0.6) is 0 Å². The van der Waals surface area contributed by atoms with Crippen LogP contribution in [0.15, 0.2) is 58.8 Å². The first kappa shape index (κ1) is 23.1. The second-order valence-electron chi connectivity index (χ2n) is 8.02. The number of aromatic nitrogens is 1. The van der Waals surface area contributed by atoms with Gasteiger partial charge in [-0.05, 0) is 49.2 Å². The van der Waals surface area contributed by atoms with Crippen molar-refractivity contribution in [1.82, 2.24) is 9.29 Å². The zero-order valence-corrected chi connectivity index (χ0v) is 19.8. The van der Waals surface area contributed by atoms with Crippen molar-refractivity contribution in [3.8, 4) is 17.3 Å².